The molecule has 2 N–H and O–H groups in total. The van der Waals surface area contributed by atoms with Crippen molar-refractivity contribution in [2.75, 3.05) is 0 Å². The van der Waals surface area contributed by atoms with E-state index in [2.05, 4.69) is 45.9 Å². The standard InChI is InChI=1S/C20H31N/c1-12(2)15-7-8-17(18(11-15)13(3)4)20(21)19-10-14-5-6-16(19)9-14/h7-8,11-14,16,19-20H,5-6,9-10,21H2,1-4H3. The molecule has 1 aromatic rings. The van der Waals surface area contributed by atoms with Gasteiger partial charge in [-0.1, -0.05) is 52.3 Å². The number of rotatable bonds is 4. The van der Waals surface area contributed by atoms with Gasteiger partial charge < -0.3 is 5.73 Å². The summed E-state index contributed by atoms with van der Waals surface area (Å²) < 4.78 is 0. The number of hydrogen-bond acceptors (Lipinski definition) is 1. The summed E-state index contributed by atoms with van der Waals surface area (Å²) in [5.74, 6) is 3.75. The fourth-order valence-corrected chi connectivity index (χ4v) is 4.72. The summed E-state index contributed by atoms with van der Waals surface area (Å²) in [7, 11) is 0. The predicted octanol–water partition coefficient (Wildman–Crippen LogP) is 5.37. The van der Waals surface area contributed by atoms with Crippen LogP contribution in [0.4, 0.5) is 0 Å². The largest absolute Gasteiger partial charge is 0.324 e. The van der Waals surface area contributed by atoms with Crippen LogP contribution in [0.3, 0.4) is 0 Å². The Bertz CT molecular complexity index is 503. The molecule has 0 heterocycles. The van der Waals surface area contributed by atoms with Crippen molar-refractivity contribution in [2.45, 2.75) is 71.3 Å². The fraction of sp³-hybridized carbons (Fsp3) is 0.700. The molecule has 1 heteroatoms. The van der Waals surface area contributed by atoms with Crippen molar-refractivity contribution in [1.29, 1.82) is 0 Å². The van der Waals surface area contributed by atoms with Crippen molar-refractivity contribution in [2.24, 2.45) is 23.5 Å². The van der Waals surface area contributed by atoms with E-state index in [9.17, 15) is 0 Å². The first kappa shape index (κ1) is 15.1. The summed E-state index contributed by atoms with van der Waals surface area (Å²) in [4.78, 5) is 0. The second-order valence-corrected chi connectivity index (χ2v) is 8.06. The molecule has 0 spiro atoms. The molecule has 0 saturated heterocycles. The first-order valence-electron chi connectivity index (χ1n) is 8.86. The van der Waals surface area contributed by atoms with Crippen LogP contribution in [0.5, 0.6) is 0 Å². The van der Waals surface area contributed by atoms with Crippen LogP contribution >= 0.6 is 0 Å². The first-order chi connectivity index (χ1) is 9.97. The summed E-state index contributed by atoms with van der Waals surface area (Å²) in [6.45, 7) is 9.15. The minimum absolute atomic E-state index is 0.249. The highest BCUT2D eigenvalue weighted by Crippen LogP contribution is 2.52. The molecule has 2 aliphatic rings. The van der Waals surface area contributed by atoms with Crippen LogP contribution in [0.25, 0.3) is 0 Å². The van der Waals surface area contributed by atoms with Gasteiger partial charge in [-0.3, -0.25) is 0 Å². The van der Waals surface area contributed by atoms with E-state index in [1.807, 2.05) is 0 Å². The van der Waals surface area contributed by atoms with Crippen molar-refractivity contribution in [3.63, 3.8) is 0 Å². The zero-order chi connectivity index (χ0) is 15.1. The topological polar surface area (TPSA) is 26.0 Å². The molecule has 0 amide bonds. The van der Waals surface area contributed by atoms with Crippen molar-refractivity contribution in [1.82, 2.24) is 0 Å². The van der Waals surface area contributed by atoms with Gasteiger partial charge in [-0.15, -0.1) is 0 Å². The average Bonchev–Trinajstić information content (AvgIpc) is 3.08. The molecule has 0 aliphatic heterocycles. The Morgan fingerprint density at radius 1 is 0.952 bits per heavy atom. The number of nitrogens with two attached hydrogens (primary N) is 1. The van der Waals surface area contributed by atoms with Gasteiger partial charge in [0.05, 0.1) is 0 Å². The van der Waals surface area contributed by atoms with E-state index in [1.165, 1.54) is 42.4 Å². The van der Waals surface area contributed by atoms with Gasteiger partial charge in [0.25, 0.3) is 0 Å². The van der Waals surface area contributed by atoms with Crippen LogP contribution in [0.1, 0.15) is 87.9 Å². The van der Waals surface area contributed by atoms with Crippen molar-refractivity contribution in [3.05, 3.63) is 34.9 Å². The fourth-order valence-electron chi connectivity index (χ4n) is 4.72. The third-order valence-corrected chi connectivity index (χ3v) is 6.01. The van der Waals surface area contributed by atoms with Crippen LogP contribution in [0, 0.1) is 17.8 Å². The molecule has 4 atom stereocenters. The van der Waals surface area contributed by atoms with E-state index in [1.54, 1.807) is 0 Å². The Labute approximate surface area is 130 Å². The SMILES string of the molecule is CC(C)c1ccc(C(N)C2CC3CCC2C3)c(C(C)C)c1. The summed E-state index contributed by atoms with van der Waals surface area (Å²) in [5, 5.41) is 0. The molecule has 4 unspecified atom stereocenters. The Hall–Kier alpha value is -0.820. The van der Waals surface area contributed by atoms with E-state index in [0.717, 1.165) is 17.8 Å². The lowest BCUT2D eigenvalue weighted by Gasteiger charge is -2.30. The maximum atomic E-state index is 6.75. The Kier molecular flexibility index (Phi) is 4.14. The molecule has 116 valence electrons. The molecule has 0 aromatic heterocycles. The van der Waals surface area contributed by atoms with Crippen LogP contribution in [-0.2, 0) is 0 Å². The predicted molar refractivity (Wildman–Crippen MR) is 90.5 cm³/mol. The highest BCUT2D eigenvalue weighted by molar-refractivity contribution is 5.38. The number of hydrogen-bond donors (Lipinski definition) is 1. The monoisotopic (exact) mass is 285 g/mol. The molecule has 2 bridgehead atoms. The summed E-state index contributed by atoms with van der Waals surface area (Å²) in [6, 6.07) is 7.30. The summed E-state index contributed by atoms with van der Waals surface area (Å²) >= 11 is 0. The maximum absolute atomic E-state index is 6.75. The van der Waals surface area contributed by atoms with Crippen LogP contribution in [-0.4, -0.2) is 0 Å². The lowest BCUT2D eigenvalue weighted by molar-refractivity contribution is 0.283. The van der Waals surface area contributed by atoms with Gasteiger partial charge in [0.1, 0.15) is 0 Å². The smallest absolute Gasteiger partial charge is 0.0329 e. The highest BCUT2D eigenvalue weighted by Gasteiger charge is 2.42. The minimum Gasteiger partial charge on any atom is -0.324 e. The van der Waals surface area contributed by atoms with E-state index >= 15 is 0 Å². The lowest BCUT2D eigenvalue weighted by atomic mass is 9.78. The molecule has 0 radical (unpaired) electrons. The molecule has 2 fully saturated rings. The van der Waals surface area contributed by atoms with Crippen molar-refractivity contribution >= 4 is 0 Å². The zero-order valence-electron chi connectivity index (χ0n) is 14.1. The van der Waals surface area contributed by atoms with E-state index in [0.29, 0.717) is 11.8 Å². The summed E-state index contributed by atoms with van der Waals surface area (Å²) in [6.07, 6.45) is 5.69. The van der Waals surface area contributed by atoms with Gasteiger partial charge in [-0.05, 0) is 65.5 Å². The van der Waals surface area contributed by atoms with Gasteiger partial charge in [0, 0.05) is 6.04 Å². The number of benzene rings is 1. The Morgan fingerprint density at radius 2 is 1.71 bits per heavy atom. The second kappa shape index (κ2) is 5.76. The van der Waals surface area contributed by atoms with Gasteiger partial charge in [-0.2, -0.15) is 0 Å². The minimum atomic E-state index is 0.249. The molecule has 2 aliphatic carbocycles. The van der Waals surface area contributed by atoms with Crippen LogP contribution < -0.4 is 5.73 Å². The molecule has 1 aromatic carbocycles. The molecular weight excluding hydrogens is 254 g/mol. The average molecular weight is 285 g/mol. The molecular formula is C20H31N. The van der Waals surface area contributed by atoms with E-state index in [-0.39, 0.29) is 6.04 Å². The van der Waals surface area contributed by atoms with Crippen molar-refractivity contribution in [3.8, 4) is 0 Å². The van der Waals surface area contributed by atoms with Gasteiger partial charge in [0.2, 0.25) is 0 Å². The molecule has 2 saturated carbocycles. The van der Waals surface area contributed by atoms with Gasteiger partial charge in [0.15, 0.2) is 0 Å². The first-order valence-corrected chi connectivity index (χ1v) is 8.86. The molecule has 3 rings (SSSR count). The lowest BCUT2D eigenvalue weighted by Crippen LogP contribution is -2.27. The van der Waals surface area contributed by atoms with Crippen LogP contribution in [0.2, 0.25) is 0 Å². The number of fused-ring (bicyclic) bond motifs is 2. The quantitative estimate of drug-likeness (QED) is 0.790. The van der Waals surface area contributed by atoms with E-state index in [4.69, 9.17) is 5.73 Å². The molecule has 21 heavy (non-hydrogen) atoms. The highest BCUT2D eigenvalue weighted by atomic mass is 14.7. The van der Waals surface area contributed by atoms with Gasteiger partial charge in [-0.25, -0.2) is 0 Å². The molecule has 1 nitrogen and oxygen atoms in total. The van der Waals surface area contributed by atoms with E-state index < -0.39 is 0 Å². The third-order valence-electron chi connectivity index (χ3n) is 6.01. The Balaban J connectivity index is 1.90. The zero-order valence-corrected chi connectivity index (χ0v) is 14.1. The third kappa shape index (κ3) is 2.77. The summed E-state index contributed by atoms with van der Waals surface area (Å²) in [5.41, 5.74) is 11.1. The second-order valence-electron chi connectivity index (χ2n) is 8.06. The van der Waals surface area contributed by atoms with Crippen LogP contribution in [0.15, 0.2) is 18.2 Å². The maximum Gasteiger partial charge on any atom is 0.0329 e. The normalized spacial score (nSPS) is 29.6. The van der Waals surface area contributed by atoms with Crippen molar-refractivity contribution < 1.29 is 0 Å². The van der Waals surface area contributed by atoms with Gasteiger partial charge >= 0.3 is 0 Å². The Morgan fingerprint density at radius 3 is 2.24 bits per heavy atom.